The molecule has 0 amide bonds. The Kier molecular flexibility index (Phi) is 4.26. The molecule has 0 unspecified atom stereocenters. The Labute approximate surface area is 208 Å². The smallest absolute Gasteiger partial charge is 0.320 e. The van der Waals surface area contributed by atoms with Crippen LogP contribution in [0.5, 0.6) is 0 Å². The molecule has 0 aromatic carbocycles. The van der Waals surface area contributed by atoms with Gasteiger partial charge in [-0.3, -0.25) is 14.4 Å². The van der Waals surface area contributed by atoms with Crippen molar-refractivity contribution in [1.29, 1.82) is 0 Å². The van der Waals surface area contributed by atoms with E-state index in [-0.39, 0.29) is 24.4 Å². The van der Waals surface area contributed by atoms with Crippen molar-refractivity contribution in [2.75, 3.05) is 7.11 Å². The average molecular weight is 505 g/mol. The molecule has 4 fully saturated rings. The van der Waals surface area contributed by atoms with Gasteiger partial charge in [0, 0.05) is 5.41 Å². The standard InChI is InChI=1S/C26H32O10/c1-10-12-8-14(27)36-26(12,22(3,4)31)18-16(28)24(6)13(10)9-23(5)15-19(35-20(23)29)33-11(2)17(34-18)25(15,24)21(30)32-7/h13,15-16,18-19,28,31H,8-9H2,1-7H3/t13-,15+,16-,18+,19+,23+,24+,25-,26+/m0/s1. The Morgan fingerprint density at radius 1 is 1.14 bits per heavy atom. The molecule has 2 bridgehead atoms. The first-order valence-electron chi connectivity index (χ1n) is 12.3. The number of carbonyl (C=O) groups is 3. The predicted octanol–water partition coefficient (Wildman–Crippen LogP) is 1.49. The SMILES string of the molecule is COC(=O)[C@]12C3=C(C)O[C@@H]4OC(=O)[C@](C)(C[C@H]5C(C)=C6CC(=O)O[C@@]6(C(C)(C)O)[C@H](O3)[C@H](O)[C@@]51C)[C@@H]42. The van der Waals surface area contributed by atoms with Gasteiger partial charge in [-0.05, 0) is 52.5 Å². The number of aliphatic hydroxyl groups is 2. The lowest BCUT2D eigenvalue weighted by molar-refractivity contribution is -0.306. The number of ether oxygens (including phenoxy) is 5. The summed E-state index contributed by atoms with van der Waals surface area (Å²) in [5, 5.41) is 23.8. The minimum atomic E-state index is -1.73. The van der Waals surface area contributed by atoms with Crippen LogP contribution >= 0.6 is 0 Å². The van der Waals surface area contributed by atoms with Gasteiger partial charge in [-0.2, -0.15) is 0 Å². The van der Waals surface area contributed by atoms with E-state index in [9.17, 15) is 24.6 Å². The number of aliphatic hydroxyl groups excluding tert-OH is 1. The molecule has 2 N–H and O–H groups in total. The number of allylic oxidation sites excluding steroid dienone is 2. The summed E-state index contributed by atoms with van der Waals surface area (Å²) >= 11 is 0. The van der Waals surface area contributed by atoms with E-state index in [1.54, 1.807) is 20.8 Å². The lowest BCUT2D eigenvalue weighted by Gasteiger charge is -2.66. The zero-order valence-electron chi connectivity index (χ0n) is 21.5. The van der Waals surface area contributed by atoms with Gasteiger partial charge in [0.25, 0.3) is 0 Å². The van der Waals surface area contributed by atoms with Crippen LogP contribution in [-0.4, -0.2) is 64.9 Å². The van der Waals surface area contributed by atoms with Crippen LogP contribution in [0, 0.1) is 28.1 Å². The molecule has 0 aromatic heterocycles. The Bertz CT molecular complexity index is 1190. The first-order chi connectivity index (χ1) is 16.6. The summed E-state index contributed by atoms with van der Waals surface area (Å²) in [6.45, 7) is 10.00. The monoisotopic (exact) mass is 504 g/mol. The summed E-state index contributed by atoms with van der Waals surface area (Å²) in [5.74, 6) is -2.83. The third kappa shape index (κ3) is 2.11. The highest BCUT2D eigenvalue weighted by Gasteiger charge is 2.86. The van der Waals surface area contributed by atoms with Crippen molar-refractivity contribution in [3.05, 3.63) is 22.7 Å². The zero-order chi connectivity index (χ0) is 26.4. The molecule has 2 aliphatic carbocycles. The zero-order valence-corrected chi connectivity index (χ0v) is 21.5. The largest absolute Gasteiger partial charge is 0.483 e. The van der Waals surface area contributed by atoms with Crippen LogP contribution in [0.1, 0.15) is 54.4 Å². The molecular formula is C26H32O10. The molecule has 36 heavy (non-hydrogen) atoms. The van der Waals surface area contributed by atoms with Gasteiger partial charge < -0.3 is 33.9 Å². The van der Waals surface area contributed by atoms with Crippen molar-refractivity contribution >= 4 is 17.9 Å². The van der Waals surface area contributed by atoms with Crippen molar-refractivity contribution in [3.63, 3.8) is 0 Å². The van der Waals surface area contributed by atoms with Crippen molar-refractivity contribution in [3.8, 4) is 0 Å². The Balaban J connectivity index is 1.79. The van der Waals surface area contributed by atoms with Crippen LogP contribution < -0.4 is 0 Å². The highest BCUT2D eigenvalue weighted by atomic mass is 16.7. The minimum absolute atomic E-state index is 0.109. The molecular weight excluding hydrogens is 472 g/mol. The predicted molar refractivity (Wildman–Crippen MR) is 119 cm³/mol. The molecule has 6 rings (SSSR count). The van der Waals surface area contributed by atoms with Gasteiger partial charge in [-0.1, -0.05) is 12.5 Å². The van der Waals surface area contributed by atoms with Crippen LogP contribution in [0.3, 0.4) is 0 Å². The van der Waals surface area contributed by atoms with Gasteiger partial charge in [0.15, 0.2) is 11.9 Å². The van der Waals surface area contributed by atoms with Crippen molar-refractivity contribution < 1.29 is 48.3 Å². The van der Waals surface area contributed by atoms with E-state index >= 15 is 0 Å². The summed E-state index contributed by atoms with van der Waals surface area (Å²) < 4.78 is 29.6. The summed E-state index contributed by atoms with van der Waals surface area (Å²) in [6, 6.07) is 0. The number of hydrogen-bond donors (Lipinski definition) is 2. The lowest BCUT2D eigenvalue weighted by atomic mass is 9.38. The van der Waals surface area contributed by atoms with Gasteiger partial charge in [-0.15, -0.1) is 0 Å². The second-order valence-corrected chi connectivity index (χ2v) is 12.1. The Morgan fingerprint density at radius 3 is 2.42 bits per heavy atom. The van der Waals surface area contributed by atoms with Crippen LogP contribution in [-0.2, 0) is 38.1 Å². The minimum Gasteiger partial charge on any atom is -0.483 e. The normalized spacial score (nSPS) is 48.4. The third-order valence-corrected chi connectivity index (χ3v) is 10.3. The number of methoxy groups -OCH3 is 1. The summed E-state index contributed by atoms with van der Waals surface area (Å²) in [5.41, 5.74) is -6.32. The first-order valence-corrected chi connectivity index (χ1v) is 12.3. The highest BCUT2D eigenvalue weighted by Crippen LogP contribution is 2.77. The van der Waals surface area contributed by atoms with E-state index in [0.29, 0.717) is 11.1 Å². The average Bonchev–Trinajstić information content (AvgIpc) is 3.26. The second kappa shape index (κ2) is 6.45. The Morgan fingerprint density at radius 2 is 1.81 bits per heavy atom. The number of rotatable bonds is 2. The van der Waals surface area contributed by atoms with E-state index in [0.717, 1.165) is 0 Å². The molecule has 6 aliphatic rings. The highest BCUT2D eigenvalue weighted by molar-refractivity contribution is 5.89. The maximum absolute atomic E-state index is 14.1. The van der Waals surface area contributed by atoms with Crippen molar-refractivity contribution in [2.24, 2.45) is 28.1 Å². The van der Waals surface area contributed by atoms with Crippen LogP contribution in [0.25, 0.3) is 0 Å². The van der Waals surface area contributed by atoms with E-state index in [4.69, 9.17) is 23.7 Å². The number of carbonyl (C=O) groups excluding carboxylic acids is 3. The number of hydrogen-bond acceptors (Lipinski definition) is 10. The second-order valence-electron chi connectivity index (χ2n) is 12.1. The van der Waals surface area contributed by atoms with Crippen molar-refractivity contribution in [1.82, 2.24) is 0 Å². The van der Waals surface area contributed by atoms with Gasteiger partial charge in [0.1, 0.15) is 22.9 Å². The number of fused-ring (bicyclic) bond motifs is 3. The van der Waals surface area contributed by atoms with Gasteiger partial charge in [0.2, 0.25) is 11.9 Å². The quantitative estimate of drug-likeness (QED) is 0.323. The number of esters is 3. The third-order valence-electron chi connectivity index (χ3n) is 10.3. The molecule has 1 saturated carbocycles. The summed E-state index contributed by atoms with van der Waals surface area (Å²) in [4.78, 5) is 40.2. The van der Waals surface area contributed by atoms with Gasteiger partial charge in [-0.25, -0.2) is 0 Å². The van der Waals surface area contributed by atoms with E-state index in [1.807, 2.05) is 6.92 Å². The van der Waals surface area contributed by atoms with E-state index in [2.05, 4.69) is 0 Å². The molecule has 196 valence electrons. The molecule has 4 heterocycles. The fourth-order valence-corrected chi connectivity index (χ4v) is 8.75. The van der Waals surface area contributed by atoms with Crippen LogP contribution in [0.15, 0.2) is 22.7 Å². The molecule has 0 radical (unpaired) electrons. The summed E-state index contributed by atoms with van der Waals surface area (Å²) in [6.07, 6.45) is -3.60. The van der Waals surface area contributed by atoms with E-state index < -0.39 is 75.7 Å². The van der Waals surface area contributed by atoms with Crippen LogP contribution in [0.2, 0.25) is 0 Å². The molecule has 10 heteroatoms. The maximum Gasteiger partial charge on any atom is 0.320 e. The molecule has 4 aliphatic heterocycles. The maximum atomic E-state index is 14.1. The lowest BCUT2D eigenvalue weighted by Crippen LogP contribution is -2.76. The first kappa shape index (κ1) is 23.8. The summed E-state index contributed by atoms with van der Waals surface area (Å²) in [7, 11) is 1.26. The Hall–Kier alpha value is -2.59. The van der Waals surface area contributed by atoms with Crippen molar-refractivity contribution in [2.45, 2.75) is 84.1 Å². The fraction of sp³-hybridized carbons (Fsp3) is 0.731. The van der Waals surface area contributed by atoms with Gasteiger partial charge >= 0.3 is 17.9 Å². The molecule has 10 nitrogen and oxygen atoms in total. The fourth-order valence-electron chi connectivity index (χ4n) is 8.75. The van der Waals surface area contributed by atoms with Gasteiger partial charge in [0.05, 0.1) is 24.9 Å². The molecule has 9 atom stereocenters. The van der Waals surface area contributed by atoms with E-state index in [1.165, 1.54) is 21.0 Å². The molecule has 0 spiro atoms. The topological polar surface area (TPSA) is 138 Å². The van der Waals surface area contributed by atoms with Crippen LogP contribution in [0.4, 0.5) is 0 Å². The molecule has 0 aromatic rings. The molecule has 3 saturated heterocycles.